The van der Waals surface area contributed by atoms with E-state index in [1.807, 2.05) is 6.92 Å². The maximum atomic E-state index is 12.1. The number of hydrogen-bond acceptors (Lipinski definition) is 4. The fraction of sp³-hybridized carbons (Fsp3) is 0.538. The molecule has 0 radical (unpaired) electrons. The average molecular weight is 321 g/mol. The predicted octanol–water partition coefficient (Wildman–Crippen LogP) is 3.11. The van der Waals surface area contributed by atoms with E-state index in [0.29, 0.717) is 18.2 Å². The third kappa shape index (κ3) is 6.61. The zero-order valence-corrected chi connectivity index (χ0v) is 12.3. The van der Waals surface area contributed by atoms with Crippen molar-refractivity contribution in [2.75, 3.05) is 0 Å². The SMILES string of the molecule is CCCC(CC(=O)O)NC(=O)c1ccc(CSC(F)F)o1. The summed E-state index contributed by atoms with van der Waals surface area (Å²) in [7, 11) is 0. The van der Waals surface area contributed by atoms with Gasteiger partial charge in [-0.15, -0.1) is 0 Å². The van der Waals surface area contributed by atoms with E-state index in [-0.39, 0.29) is 23.7 Å². The third-order valence-electron chi connectivity index (χ3n) is 2.63. The Hall–Kier alpha value is -1.57. The molecule has 0 bridgehead atoms. The second kappa shape index (κ2) is 8.66. The van der Waals surface area contributed by atoms with Crippen LogP contribution in [-0.2, 0) is 10.5 Å². The molecule has 0 spiro atoms. The molecule has 1 unspecified atom stereocenters. The van der Waals surface area contributed by atoms with Gasteiger partial charge in [-0.3, -0.25) is 9.59 Å². The summed E-state index contributed by atoms with van der Waals surface area (Å²) in [5, 5.41) is 11.3. The van der Waals surface area contributed by atoms with E-state index in [1.54, 1.807) is 0 Å². The average Bonchev–Trinajstić information content (AvgIpc) is 2.84. The number of carbonyl (C=O) groups excluding carboxylic acids is 1. The number of carbonyl (C=O) groups is 2. The van der Waals surface area contributed by atoms with Gasteiger partial charge in [-0.2, -0.15) is 8.78 Å². The molecule has 1 aromatic rings. The summed E-state index contributed by atoms with van der Waals surface area (Å²) in [5.41, 5.74) is 0. The molecule has 0 aromatic carbocycles. The van der Waals surface area contributed by atoms with E-state index >= 15 is 0 Å². The van der Waals surface area contributed by atoms with E-state index in [0.717, 1.165) is 6.42 Å². The fourth-order valence-electron chi connectivity index (χ4n) is 1.76. The van der Waals surface area contributed by atoms with Crippen molar-refractivity contribution in [2.45, 2.75) is 43.7 Å². The first-order chi connectivity index (χ1) is 9.92. The lowest BCUT2D eigenvalue weighted by molar-refractivity contribution is -0.137. The number of hydrogen-bond donors (Lipinski definition) is 2. The monoisotopic (exact) mass is 321 g/mol. The lowest BCUT2D eigenvalue weighted by atomic mass is 10.1. The van der Waals surface area contributed by atoms with E-state index < -0.39 is 23.7 Å². The molecule has 0 aliphatic heterocycles. The molecule has 0 aliphatic carbocycles. The Morgan fingerprint density at radius 2 is 2.14 bits per heavy atom. The van der Waals surface area contributed by atoms with Gasteiger partial charge in [-0.25, -0.2) is 0 Å². The van der Waals surface area contributed by atoms with Gasteiger partial charge in [0.2, 0.25) is 0 Å². The molecule has 1 aromatic heterocycles. The molecule has 1 amide bonds. The smallest absolute Gasteiger partial charge is 0.305 e. The number of halogens is 2. The van der Waals surface area contributed by atoms with Gasteiger partial charge in [0.1, 0.15) is 5.76 Å². The molecule has 0 aliphatic rings. The predicted molar refractivity (Wildman–Crippen MR) is 74.4 cm³/mol. The minimum atomic E-state index is -2.50. The normalized spacial score (nSPS) is 12.4. The van der Waals surface area contributed by atoms with Crippen molar-refractivity contribution in [3.63, 3.8) is 0 Å². The molecule has 2 N–H and O–H groups in total. The second-order valence-corrected chi connectivity index (χ2v) is 5.37. The minimum absolute atomic E-state index is 0.00800. The summed E-state index contributed by atoms with van der Waals surface area (Å²) < 4.78 is 29.3. The lowest BCUT2D eigenvalue weighted by Crippen LogP contribution is -2.36. The Bertz CT molecular complexity index is 478. The molecule has 21 heavy (non-hydrogen) atoms. The van der Waals surface area contributed by atoms with Crippen molar-refractivity contribution >= 4 is 23.6 Å². The van der Waals surface area contributed by atoms with Crippen LogP contribution in [0.4, 0.5) is 8.78 Å². The summed E-state index contributed by atoms with van der Waals surface area (Å²) in [4.78, 5) is 22.6. The quantitative estimate of drug-likeness (QED) is 0.730. The second-order valence-electron chi connectivity index (χ2n) is 4.39. The van der Waals surface area contributed by atoms with E-state index in [9.17, 15) is 18.4 Å². The molecule has 0 saturated heterocycles. The van der Waals surface area contributed by atoms with Gasteiger partial charge in [-0.1, -0.05) is 25.1 Å². The Morgan fingerprint density at radius 3 is 2.71 bits per heavy atom. The minimum Gasteiger partial charge on any atom is -0.481 e. The van der Waals surface area contributed by atoms with Gasteiger partial charge >= 0.3 is 5.97 Å². The Kier molecular flexibility index (Phi) is 7.21. The fourth-order valence-corrected chi connectivity index (χ4v) is 2.21. The number of carboxylic acid groups (broad SMARTS) is 1. The summed E-state index contributed by atoms with van der Waals surface area (Å²) >= 11 is 0.403. The van der Waals surface area contributed by atoms with Crippen LogP contribution in [-0.4, -0.2) is 28.8 Å². The highest BCUT2D eigenvalue weighted by Gasteiger charge is 2.18. The highest BCUT2D eigenvalue weighted by molar-refractivity contribution is 7.98. The first-order valence-corrected chi connectivity index (χ1v) is 7.48. The lowest BCUT2D eigenvalue weighted by Gasteiger charge is -2.14. The molecule has 5 nitrogen and oxygen atoms in total. The van der Waals surface area contributed by atoms with Crippen molar-refractivity contribution in [3.05, 3.63) is 23.7 Å². The molecule has 0 fully saturated rings. The van der Waals surface area contributed by atoms with Gasteiger partial charge in [0.25, 0.3) is 11.7 Å². The van der Waals surface area contributed by atoms with Crippen LogP contribution < -0.4 is 5.32 Å². The van der Waals surface area contributed by atoms with Gasteiger partial charge in [0.15, 0.2) is 5.76 Å². The number of carboxylic acids is 1. The van der Waals surface area contributed by atoms with Crippen LogP contribution in [0.3, 0.4) is 0 Å². The van der Waals surface area contributed by atoms with Crippen LogP contribution in [0.15, 0.2) is 16.5 Å². The van der Waals surface area contributed by atoms with E-state index in [4.69, 9.17) is 9.52 Å². The van der Waals surface area contributed by atoms with Crippen molar-refractivity contribution in [2.24, 2.45) is 0 Å². The van der Waals surface area contributed by atoms with Crippen LogP contribution in [0.1, 0.15) is 42.5 Å². The Balaban J connectivity index is 2.59. The number of furan rings is 1. The molecule has 0 saturated carbocycles. The number of rotatable bonds is 9. The first-order valence-electron chi connectivity index (χ1n) is 6.43. The summed E-state index contributed by atoms with van der Waals surface area (Å²) in [6.07, 6.45) is 1.09. The van der Waals surface area contributed by atoms with Crippen LogP contribution in [0.25, 0.3) is 0 Å². The number of alkyl halides is 2. The summed E-state index contributed by atoms with van der Waals surface area (Å²) in [6.45, 7) is 1.88. The third-order valence-corrected chi connectivity index (χ3v) is 3.33. The highest BCUT2D eigenvalue weighted by Crippen LogP contribution is 2.21. The van der Waals surface area contributed by atoms with Crippen molar-refractivity contribution in [1.82, 2.24) is 5.32 Å². The largest absolute Gasteiger partial charge is 0.481 e. The van der Waals surface area contributed by atoms with Gasteiger partial charge in [-0.05, 0) is 18.6 Å². The van der Waals surface area contributed by atoms with Gasteiger partial charge < -0.3 is 14.8 Å². The van der Waals surface area contributed by atoms with Gasteiger partial charge in [0, 0.05) is 6.04 Å². The van der Waals surface area contributed by atoms with E-state index in [2.05, 4.69) is 5.32 Å². The molecular formula is C13H17F2NO4S. The number of aliphatic carboxylic acids is 1. The number of nitrogens with one attached hydrogen (secondary N) is 1. The molecule has 1 atom stereocenters. The molecule has 1 rings (SSSR count). The zero-order chi connectivity index (χ0) is 15.8. The standard InChI is InChI=1S/C13H17F2NO4S/c1-2-3-8(6-11(17)18)16-12(19)10-5-4-9(20-10)7-21-13(14)15/h4-5,8,13H,2-3,6-7H2,1H3,(H,16,19)(H,17,18). The topological polar surface area (TPSA) is 79.5 Å². The molecule has 1 heterocycles. The van der Waals surface area contributed by atoms with Crippen LogP contribution in [0, 0.1) is 0 Å². The van der Waals surface area contributed by atoms with Crippen molar-refractivity contribution < 1.29 is 27.9 Å². The van der Waals surface area contributed by atoms with Crippen molar-refractivity contribution in [1.29, 1.82) is 0 Å². The summed E-state index contributed by atoms with van der Waals surface area (Å²) in [6, 6.07) is 2.36. The van der Waals surface area contributed by atoms with Gasteiger partial charge in [0.05, 0.1) is 12.2 Å². The number of amides is 1. The van der Waals surface area contributed by atoms with Crippen LogP contribution >= 0.6 is 11.8 Å². The zero-order valence-electron chi connectivity index (χ0n) is 11.5. The summed E-state index contributed by atoms with van der Waals surface area (Å²) in [5.74, 6) is -3.80. The highest BCUT2D eigenvalue weighted by atomic mass is 32.2. The molecule has 118 valence electrons. The van der Waals surface area contributed by atoms with E-state index in [1.165, 1.54) is 12.1 Å². The number of thioether (sulfide) groups is 1. The first kappa shape index (κ1) is 17.5. The van der Waals surface area contributed by atoms with Crippen LogP contribution in [0.2, 0.25) is 0 Å². The maximum Gasteiger partial charge on any atom is 0.305 e. The maximum absolute atomic E-state index is 12.1. The van der Waals surface area contributed by atoms with Crippen molar-refractivity contribution in [3.8, 4) is 0 Å². The molecular weight excluding hydrogens is 304 g/mol. The Morgan fingerprint density at radius 1 is 1.43 bits per heavy atom. The Labute approximate surface area is 125 Å². The van der Waals surface area contributed by atoms with Crippen LogP contribution in [0.5, 0.6) is 0 Å². The molecule has 8 heteroatoms.